The van der Waals surface area contributed by atoms with Crippen LogP contribution in [0.25, 0.3) is 0 Å². The molecule has 126 valence electrons. The smallest absolute Gasteiger partial charge is 0.337 e. The number of hydrogen-bond acceptors (Lipinski definition) is 1. The molecule has 0 heterocycles. The van der Waals surface area contributed by atoms with Gasteiger partial charge in [0.2, 0.25) is 0 Å². The van der Waals surface area contributed by atoms with Crippen LogP contribution in [-0.2, 0) is 11.6 Å². The van der Waals surface area contributed by atoms with Gasteiger partial charge >= 0.3 is 12.2 Å². The first-order valence-corrected chi connectivity index (χ1v) is 7.67. The molecule has 1 saturated carbocycles. The molecule has 2 aromatic carbocycles. The van der Waals surface area contributed by atoms with E-state index in [-0.39, 0.29) is 11.1 Å². The molecule has 0 bridgehead atoms. The Bertz CT molecular complexity index is 725. The Morgan fingerprint density at radius 1 is 1.04 bits per heavy atom. The van der Waals surface area contributed by atoms with E-state index in [1.165, 1.54) is 17.7 Å². The van der Waals surface area contributed by atoms with Crippen molar-refractivity contribution in [3.05, 3.63) is 65.7 Å². The average Bonchev–Trinajstić information content (AvgIpc) is 3.35. The highest BCUT2D eigenvalue weighted by Gasteiger charge is 2.44. The fourth-order valence-corrected chi connectivity index (χ4v) is 2.71. The Morgan fingerprint density at radius 2 is 1.75 bits per heavy atom. The van der Waals surface area contributed by atoms with E-state index in [2.05, 4.69) is 10.6 Å². The summed E-state index contributed by atoms with van der Waals surface area (Å²) in [5, 5.41) is 5.22. The van der Waals surface area contributed by atoms with Gasteiger partial charge in [-0.15, -0.1) is 0 Å². The van der Waals surface area contributed by atoms with E-state index in [1.807, 2.05) is 30.3 Å². The molecule has 24 heavy (non-hydrogen) atoms. The first kappa shape index (κ1) is 16.4. The summed E-state index contributed by atoms with van der Waals surface area (Å²) in [6, 6.07) is 14.0. The van der Waals surface area contributed by atoms with Crippen molar-refractivity contribution < 1.29 is 18.0 Å². The zero-order valence-corrected chi connectivity index (χ0v) is 12.9. The number of nitrogens with one attached hydrogen (secondary N) is 2. The summed E-state index contributed by atoms with van der Waals surface area (Å²) in [5.41, 5.74) is 0.450. The van der Waals surface area contributed by atoms with Crippen LogP contribution in [0.5, 0.6) is 0 Å². The molecule has 0 aromatic heterocycles. The van der Waals surface area contributed by atoms with Crippen molar-refractivity contribution in [3.8, 4) is 0 Å². The fourth-order valence-electron chi connectivity index (χ4n) is 2.71. The number of hydrogen-bond donors (Lipinski definition) is 2. The third-order valence-corrected chi connectivity index (χ3v) is 4.27. The molecule has 1 aliphatic carbocycles. The maximum atomic E-state index is 12.7. The fraction of sp³-hybridized carbons (Fsp3) is 0.278. The van der Waals surface area contributed by atoms with E-state index < -0.39 is 17.8 Å². The van der Waals surface area contributed by atoms with Crippen LogP contribution in [0.2, 0.25) is 0 Å². The topological polar surface area (TPSA) is 41.1 Å². The van der Waals surface area contributed by atoms with Gasteiger partial charge in [0.1, 0.15) is 0 Å². The highest BCUT2D eigenvalue weighted by atomic mass is 19.4. The van der Waals surface area contributed by atoms with Crippen LogP contribution >= 0.6 is 0 Å². The lowest BCUT2D eigenvalue weighted by Crippen LogP contribution is -2.35. The molecular formula is C18H17F3N2O. The predicted octanol–water partition coefficient (Wildman–Crippen LogP) is 4.56. The third-order valence-electron chi connectivity index (χ3n) is 4.27. The van der Waals surface area contributed by atoms with Gasteiger partial charge in [0, 0.05) is 17.6 Å². The summed E-state index contributed by atoms with van der Waals surface area (Å²) in [7, 11) is 0. The van der Waals surface area contributed by atoms with Crippen LogP contribution in [-0.4, -0.2) is 12.6 Å². The maximum Gasteiger partial charge on any atom is 0.416 e. The van der Waals surface area contributed by atoms with Crippen LogP contribution in [0, 0.1) is 0 Å². The number of anilines is 1. The minimum atomic E-state index is -4.43. The summed E-state index contributed by atoms with van der Waals surface area (Å²) >= 11 is 0. The largest absolute Gasteiger partial charge is 0.416 e. The van der Waals surface area contributed by atoms with Gasteiger partial charge in [0.05, 0.1) is 5.56 Å². The van der Waals surface area contributed by atoms with Gasteiger partial charge in [-0.1, -0.05) is 36.4 Å². The molecule has 0 unspecified atom stereocenters. The lowest BCUT2D eigenvalue weighted by molar-refractivity contribution is -0.137. The van der Waals surface area contributed by atoms with Crippen molar-refractivity contribution in [2.24, 2.45) is 0 Å². The van der Waals surface area contributed by atoms with Crippen molar-refractivity contribution >= 4 is 11.7 Å². The monoisotopic (exact) mass is 334 g/mol. The third kappa shape index (κ3) is 3.69. The normalized spacial score (nSPS) is 15.6. The Hall–Kier alpha value is -2.50. The molecule has 0 radical (unpaired) electrons. The Kier molecular flexibility index (Phi) is 4.22. The summed E-state index contributed by atoms with van der Waals surface area (Å²) < 4.78 is 38.0. The molecule has 0 atom stereocenters. The zero-order valence-electron chi connectivity index (χ0n) is 12.9. The van der Waals surface area contributed by atoms with E-state index in [4.69, 9.17) is 0 Å². The summed E-state index contributed by atoms with van der Waals surface area (Å²) in [6.07, 6.45) is -2.46. The van der Waals surface area contributed by atoms with Gasteiger partial charge in [-0.25, -0.2) is 4.79 Å². The van der Waals surface area contributed by atoms with E-state index in [9.17, 15) is 18.0 Å². The molecule has 3 rings (SSSR count). The van der Waals surface area contributed by atoms with Gasteiger partial charge in [-0.3, -0.25) is 0 Å². The lowest BCUT2D eigenvalue weighted by atomic mass is 9.96. The second kappa shape index (κ2) is 6.19. The molecule has 2 amide bonds. The maximum absolute atomic E-state index is 12.7. The van der Waals surface area contributed by atoms with Crippen LogP contribution < -0.4 is 10.6 Å². The molecule has 1 fully saturated rings. The molecule has 0 saturated heterocycles. The van der Waals surface area contributed by atoms with E-state index in [0.29, 0.717) is 6.54 Å². The first-order chi connectivity index (χ1) is 11.4. The number of benzene rings is 2. The predicted molar refractivity (Wildman–Crippen MR) is 85.8 cm³/mol. The highest BCUT2D eigenvalue weighted by Crippen LogP contribution is 2.47. The quantitative estimate of drug-likeness (QED) is 0.846. The molecule has 2 aromatic rings. The second-order valence-electron chi connectivity index (χ2n) is 6.03. The zero-order chi connectivity index (χ0) is 17.2. The van der Waals surface area contributed by atoms with Crippen molar-refractivity contribution in [2.45, 2.75) is 24.4 Å². The molecule has 0 spiro atoms. The molecule has 0 aliphatic heterocycles. The summed E-state index contributed by atoms with van der Waals surface area (Å²) in [5.74, 6) is 0. The van der Waals surface area contributed by atoms with Crippen LogP contribution in [0.4, 0.5) is 23.7 Å². The van der Waals surface area contributed by atoms with Crippen LogP contribution in [0.1, 0.15) is 24.0 Å². The van der Waals surface area contributed by atoms with Gasteiger partial charge in [-0.05, 0) is 36.6 Å². The van der Waals surface area contributed by atoms with Crippen LogP contribution in [0.3, 0.4) is 0 Å². The van der Waals surface area contributed by atoms with E-state index in [0.717, 1.165) is 25.0 Å². The van der Waals surface area contributed by atoms with Crippen LogP contribution in [0.15, 0.2) is 54.6 Å². The van der Waals surface area contributed by atoms with E-state index in [1.54, 1.807) is 0 Å². The number of amides is 2. The summed E-state index contributed by atoms with van der Waals surface area (Å²) in [6.45, 7) is 0.460. The average molecular weight is 334 g/mol. The van der Waals surface area contributed by atoms with Crippen molar-refractivity contribution in [3.63, 3.8) is 0 Å². The molecule has 3 nitrogen and oxygen atoms in total. The SMILES string of the molecule is O=C(NCC1(c2ccccc2)CC1)Nc1cccc(C(F)(F)F)c1. The number of halogens is 3. The number of rotatable bonds is 4. The Labute approximate surface area is 137 Å². The molecular weight excluding hydrogens is 317 g/mol. The van der Waals surface area contributed by atoms with Crippen molar-refractivity contribution in [1.82, 2.24) is 5.32 Å². The Balaban J connectivity index is 1.59. The van der Waals surface area contributed by atoms with Gasteiger partial charge in [0.25, 0.3) is 0 Å². The molecule has 6 heteroatoms. The lowest BCUT2D eigenvalue weighted by Gasteiger charge is -2.17. The van der Waals surface area contributed by atoms with Crippen molar-refractivity contribution in [2.75, 3.05) is 11.9 Å². The highest BCUT2D eigenvalue weighted by molar-refractivity contribution is 5.89. The number of alkyl halides is 3. The van der Waals surface area contributed by atoms with Gasteiger partial charge in [0.15, 0.2) is 0 Å². The molecule has 1 aliphatic rings. The minimum absolute atomic E-state index is 0.0492. The number of urea groups is 1. The standard InChI is InChI=1S/C18H17F3N2O/c19-18(20,21)14-7-4-8-15(11-14)23-16(24)22-12-17(9-10-17)13-5-2-1-3-6-13/h1-8,11H,9-10,12H2,(H2,22,23,24). The van der Waals surface area contributed by atoms with Gasteiger partial charge < -0.3 is 10.6 Å². The van der Waals surface area contributed by atoms with Crippen molar-refractivity contribution in [1.29, 1.82) is 0 Å². The first-order valence-electron chi connectivity index (χ1n) is 7.67. The van der Waals surface area contributed by atoms with Gasteiger partial charge in [-0.2, -0.15) is 13.2 Å². The second-order valence-corrected chi connectivity index (χ2v) is 6.03. The number of carbonyl (C=O) groups excluding carboxylic acids is 1. The Morgan fingerprint density at radius 3 is 2.38 bits per heavy atom. The van der Waals surface area contributed by atoms with E-state index >= 15 is 0 Å². The summed E-state index contributed by atoms with van der Waals surface area (Å²) in [4.78, 5) is 12.0. The number of carbonyl (C=O) groups is 1. The minimum Gasteiger partial charge on any atom is -0.337 e. The molecule has 2 N–H and O–H groups in total.